The number of hydrogen-bond donors (Lipinski definition) is 0. The van der Waals surface area contributed by atoms with Crippen molar-refractivity contribution in [3.63, 3.8) is 0 Å². The van der Waals surface area contributed by atoms with Crippen LogP contribution >= 0.6 is 0 Å². The highest BCUT2D eigenvalue weighted by molar-refractivity contribution is 5.78. The van der Waals surface area contributed by atoms with Crippen molar-refractivity contribution < 1.29 is 13.9 Å². The topological polar surface area (TPSA) is 26.3 Å². The fourth-order valence-corrected chi connectivity index (χ4v) is 1.66. The molecule has 1 aromatic rings. The maximum atomic E-state index is 13.7. The summed E-state index contributed by atoms with van der Waals surface area (Å²) in [6.07, 6.45) is 1.18. The molecule has 0 saturated carbocycles. The van der Waals surface area contributed by atoms with Crippen LogP contribution in [0.2, 0.25) is 0 Å². The first kappa shape index (κ1) is 18.6. The number of carbonyl (C=O) groups is 1. The Bertz CT molecular complexity index is 425. The Hall–Kier alpha value is -1.38. The van der Waals surface area contributed by atoms with E-state index < -0.39 is 0 Å². The highest BCUT2D eigenvalue weighted by Crippen LogP contribution is 2.22. The number of rotatable bonds is 6. The summed E-state index contributed by atoms with van der Waals surface area (Å²) in [5.41, 5.74) is 1.24. The number of ether oxygens (including phenoxy) is 1. The van der Waals surface area contributed by atoms with Crippen LogP contribution in [-0.4, -0.2) is 12.4 Å². The number of Topliss-reactive ketones (excluding diaryl/α,β-unsaturated/α-hetero) is 1. The SMILES string of the molecule is CC.CC(=O)Cc1cc(OCCC(C)C)cc(F)c1C. The Morgan fingerprint density at radius 3 is 2.40 bits per heavy atom. The predicted octanol–water partition coefficient (Wildman–Crippen LogP) is 4.72. The summed E-state index contributed by atoms with van der Waals surface area (Å²) in [4.78, 5) is 11.1. The van der Waals surface area contributed by atoms with Gasteiger partial charge < -0.3 is 4.74 Å². The lowest BCUT2D eigenvalue weighted by Gasteiger charge is -2.11. The molecule has 1 rings (SSSR count). The minimum atomic E-state index is -0.312. The van der Waals surface area contributed by atoms with Gasteiger partial charge in [0, 0.05) is 12.5 Å². The maximum absolute atomic E-state index is 13.7. The second-order valence-electron chi connectivity index (χ2n) is 5.10. The van der Waals surface area contributed by atoms with E-state index in [2.05, 4.69) is 13.8 Å². The third kappa shape index (κ3) is 6.69. The smallest absolute Gasteiger partial charge is 0.134 e. The van der Waals surface area contributed by atoms with Gasteiger partial charge in [-0.1, -0.05) is 27.7 Å². The fourth-order valence-electron chi connectivity index (χ4n) is 1.66. The third-order valence-corrected chi connectivity index (χ3v) is 2.83. The molecule has 3 heteroatoms. The molecule has 0 heterocycles. The molecular weight excluding hydrogens is 255 g/mol. The summed E-state index contributed by atoms with van der Waals surface area (Å²) < 4.78 is 19.2. The molecule has 0 aliphatic carbocycles. The molecule has 0 amide bonds. The van der Waals surface area contributed by atoms with Crippen molar-refractivity contribution in [1.82, 2.24) is 0 Å². The van der Waals surface area contributed by atoms with Crippen LogP contribution in [0.15, 0.2) is 12.1 Å². The van der Waals surface area contributed by atoms with E-state index in [4.69, 9.17) is 4.74 Å². The average Bonchev–Trinajstić information content (AvgIpc) is 2.36. The molecule has 0 saturated heterocycles. The average molecular weight is 282 g/mol. The second kappa shape index (κ2) is 9.51. The Kier molecular flexibility index (Phi) is 8.86. The standard InChI is InChI=1S/C15H21FO2.C2H6/c1-10(2)5-6-18-14-8-13(7-11(3)17)12(4)15(16)9-14;1-2/h8-10H,5-7H2,1-4H3;1-2H3. The number of halogens is 1. The van der Waals surface area contributed by atoms with E-state index >= 15 is 0 Å². The monoisotopic (exact) mass is 282 g/mol. The van der Waals surface area contributed by atoms with Crippen LogP contribution in [0.25, 0.3) is 0 Å². The van der Waals surface area contributed by atoms with Gasteiger partial charge in [-0.25, -0.2) is 4.39 Å². The van der Waals surface area contributed by atoms with Crippen LogP contribution in [0, 0.1) is 18.7 Å². The van der Waals surface area contributed by atoms with Gasteiger partial charge in [0.15, 0.2) is 0 Å². The quantitative estimate of drug-likeness (QED) is 0.755. The molecule has 0 spiro atoms. The van der Waals surface area contributed by atoms with Crippen LogP contribution in [0.1, 0.15) is 52.2 Å². The van der Waals surface area contributed by atoms with Gasteiger partial charge in [0.25, 0.3) is 0 Å². The van der Waals surface area contributed by atoms with Crippen LogP contribution in [0.4, 0.5) is 4.39 Å². The lowest BCUT2D eigenvalue weighted by molar-refractivity contribution is -0.116. The summed E-state index contributed by atoms with van der Waals surface area (Å²) in [5.74, 6) is 0.775. The van der Waals surface area contributed by atoms with Crippen LogP contribution in [0.5, 0.6) is 5.75 Å². The molecule has 0 fully saturated rings. The Morgan fingerprint density at radius 1 is 1.30 bits per heavy atom. The van der Waals surface area contributed by atoms with Crippen LogP contribution in [0.3, 0.4) is 0 Å². The van der Waals surface area contributed by atoms with Gasteiger partial charge in [0.2, 0.25) is 0 Å². The van der Waals surface area contributed by atoms with Gasteiger partial charge >= 0.3 is 0 Å². The number of ketones is 1. The largest absolute Gasteiger partial charge is 0.493 e. The van der Waals surface area contributed by atoms with Gasteiger partial charge in [-0.2, -0.15) is 0 Å². The Labute approximate surface area is 122 Å². The zero-order chi connectivity index (χ0) is 15.7. The number of hydrogen-bond acceptors (Lipinski definition) is 2. The van der Waals surface area contributed by atoms with Crippen LogP contribution in [-0.2, 0) is 11.2 Å². The maximum Gasteiger partial charge on any atom is 0.134 e. The van der Waals surface area contributed by atoms with E-state index in [9.17, 15) is 9.18 Å². The Morgan fingerprint density at radius 2 is 1.90 bits per heavy atom. The molecule has 114 valence electrons. The molecule has 0 N–H and O–H groups in total. The lowest BCUT2D eigenvalue weighted by atomic mass is 10.0. The van der Waals surface area contributed by atoms with E-state index in [0.29, 0.717) is 29.4 Å². The highest BCUT2D eigenvalue weighted by Gasteiger charge is 2.10. The molecule has 1 aromatic carbocycles. The molecule has 20 heavy (non-hydrogen) atoms. The van der Waals surface area contributed by atoms with Crippen molar-refractivity contribution in [1.29, 1.82) is 0 Å². The molecule has 0 aliphatic heterocycles. The van der Waals surface area contributed by atoms with Gasteiger partial charge in [0.1, 0.15) is 17.3 Å². The van der Waals surface area contributed by atoms with Crippen molar-refractivity contribution in [3.05, 3.63) is 29.1 Å². The summed E-state index contributed by atoms with van der Waals surface area (Å²) >= 11 is 0. The van der Waals surface area contributed by atoms with Crippen molar-refractivity contribution in [3.8, 4) is 5.75 Å². The molecular formula is C17H27FO2. The van der Waals surface area contributed by atoms with Crippen molar-refractivity contribution in [2.24, 2.45) is 5.92 Å². The second-order valence-corrected chi connectivity index (χ2v) is 5.10. The number of carbonyl (C=O) groups excluding carboxylic acids is 1. The zero-order valence-corrected chi connectivity index (χ0v) is 13.5. The molecule has 0 radical (unpaired) electrons. The van der Waals surface area contributed by atoms with E-state index in [1.165, 1.54) is 13.0 Å². The minimum absolute atomic E-state index is 0.0248. The molecule has 0 bridgehead atoms. The van der Waals surface area contributed by atoms with Gasteiger partial charge in [-0.05, 0) is 43.4 Å². The zero-order valence-electron chi connectivity index (χ0n) is 13.5. The first-order chi connectivity index (χ1) is 9.40. The molecule has 0 aromatic heterocycles. The molecule has 0 aliphatic rings. The molecule has 2 nitrogen and oxygen atoms in total. The summed E-state index contributed by atoms with van der Waals surface area (Å²) in [7, 11) is 0. The summed E-state index contributed by atoms with van der Waals surface area (Å²) in [6.45, 7) is 12.0. The molecule has 0 unspecified atom stereocenters. The first-order valence-electron chi connectivity index (χ1n) is 7.31. The predicted molar refractivity (Wildman–Crippen MR) is 81.8 cm³/mol. The first-order valence-corrected chi connectivity index (χ1v) is 7.31. The summed E-state index contributed by atoms with van der Waals surface area (Å²) in [5, 5.41) is 0. The van der Waals surface area contributed by atoms with Crippen molar-refractivity contribution in [2.45, 2.75) is 54.4 Å². The van der Waals surface area contributed by atoms with Gasteiger partial charge in [0.05, 0.1) is 6.61 Å². The fraction of sp³-hybridized carbons (Fsp3) is 0.588. The van der Waals surface area contributed by atoms with Crippen molar-refractivity contribution in [2.75, 3.05) is 6.61 Å². The van der Waals surface area contributed by atoms with Gasteiger partial charge in [-0.3, -0.25) is 4.79 Å². The molecule has 0 atom stereocenters. The van der Waals surface area contributed by atoms with Gasteiger partial charge in [-0.15, -0.1) is 0 Å². The van der Waals surface area contributed by atoms with E-state index in [-0.39, 0.29) is 18.0 Å². The van der Waals surface area contributed by atoms with E-state index in [0.717, 1.165) is 6.42 Å². The van der Waals surface area contributed by atoms with Crippen molar-refractivity contribution >= 4 is 5.78 Å². The van der Waals surface area contributed by atoms with E-state index in [1.54, 1.807) is 13.0 Å². The third-order valence-electron chi connectivity index (χ3n) is 2.83. The van der Waals surface area contributed by atoms with Crippen LogP contribution < -0.4 is 4.74 Å². The lowest BCUT2D eigenvalue weighted by Crippen LogP contribution is -2.05. The minimum Gasteiger partial charge on any atom is -0.493 e. The van der Waals surface area contributed by atoms with E-state index in [1.807, 2.05) is 13.8 Å². The number of benzene rings is 1. The normalized spacial score (nSPS) is 10.0. The summed E-state index contributed by atoms with van der Waals surface area (Å²) in [6, 6.07) is 3.15. The Balaban J connectivity index is 0.00000172. The highest BCUT2D eigenvalue weighted by atomic mass is 19.1.